The molecule has 0 saturated carbocycles. The molecule has 0 spiro atoms. The number of nitrogens with two attached hydrogens (primary N) is 2. The van der Waals surface area contributed by atoms with Crippen molar-refractivity contribution in [2.75, 3.05) is 6.54 Å². The molecule has 1 saturated heterocycles. The van der Waals surface area contributed by atoms with E-state index in [0.29, 0.717) is 36.2 Å². The van der Waals surface area contributed by atoms with Crippen molar-refractivity contribution < 1.29 is 33.8 Å². The van der Waals surface area contributed by atoms with Gasteiger partial charge < -0.3 is 31.6 Å². The summed E-state index contributed by atoms with van der Waals surface area (Å²) >= 11 is 0. The first-order valence-corrected chi connectivity index (χ1v) is 15.6. The summed E-state index contributed by atoms with van der Waals surface area (Å²) in [7, 11) is 0. The number of ether oxygens (including phenoxy) is 1. The van der Waals surface area contributed by atoms with Gasteiger partial charge in [0.2, 0.25) is 5.54 Å². The minimum atomic E-state index is -3.11. The molecule has 5 atom stereocenters. The summed E-state index contributed by atoms with van der Waals surface area (Å²) < 4.78 is 5.54. The second kappa shape index (κ2) is 15.7. The van der Waals surface area contributed by atoms with E-state index in [1.807, 2.05) is 0 Å². The first-order chi connectivity index (χ1) is 22.5. The van der Waals surface area contributed by atoms with Crippen molar-refractivity contribution in [2.24, 2.45) is 23.3 Å². The number of ketones is 2. The van der Waals surface area contributed by atoms with Crippen molar-refractivity contribution in [1.29, 1.82) is 0 Å². The number of carbonyl (C=O) groups is 5. The summed E-state index contributed by atoms with van der Waals surface area (Å²) in [6, 6.07) is 13.3. The maximum absolute atomic E-state index is 14.8. The third-order valence-corrected chi connectivity index (χ3v) is 8.44. The highest BCUT2D eigenvalue weighted by Crippen LogP contribution is 2.38. The van der Waals surface area contributed by atoms with Gasteiger partial charge in [-0.05, 0) is 42.9 Å². The number of hydrogen-bond donors (Lipinski definition) is 5. The molecule has 3 aromatic rings. The van der Waals surface area contributed by atoms with Crippen LogP contribution in [0.4, 0.5) is 4.79 Å². The molecule has 1 aliphatic heterocycles. The van der Waals surface area contributed by atoms with E-state index in [4.69, 9.17) is 16.2 Å². The first-order valence-electron chi connectivity index (χ1n) is 15.6. The molecule has 1 aliphatic rings. The lowest BCUT2D eigenvalue weighted by Crippen LogP contribution is -2.75. The van der Waals surface area contributed by atoms with Crippen LogP contribution in [0.2, 0.25) is 0 Å². The van der Waals surface area contributed by atoms with E-state index in [9.17, 15) is 29.1 Å². The summed E-state index contributed by atoms with van der Waals surface area (Å²) in [4.78, 5) is 78.6. The smallest absolute Gasteiger partial charge is 0.418 e. The van der Waals surface area contributed by atoms with Gasteiger partial charge in [-0.15, -0.1) is 0 Å². The number of rotatable bonds is 15. The highest BCUT2D eigenvalue weighted by Gasteiger charge is 2.65. The Kier molecular flexibility index (Phi) is 11.8. The Labute approximate surface area is 273 Å². The number of carbonyl (C=O) groups excluding carboxylic acids is 4. The Morgan fingerprint density at radius 3 is 2.15 bits per heavy atom. The fourth-order valence-electron chi connectivity index (χ4n) is 6.22. The van der Waals surface area contributed by atoms with E-state index in [1.165, 1.54) is 12.5 Å². The van der Waals surface area contributed by atoms with Crippen LogP contribution in [0.25, 0.3) is 0 Å². The van der Waals surface area contributed by atoms with Crippen molar-refractivity contribution in [3.8, 4) is 0 Å². The Bertz CT molecular complexity index is 1530. The van der Waals surface area contributed by atoms with Gasteiger partial charge in [0, 0.05) is 18.3 Å². The Balaban J connectivity index is 1.91. The average molecular weight is 647 g/mol. The quantitative estimate of drug-likeness (QED) is 0.151. The van der Waals surface area contributed by atoms with Crippen molar-refractivity contribution in [3.05, 3.63) is 90.0 Å². The molecule has 13 nitrogen and oxygen atoms in total. The third-order valence-electron chi connectivity index (χ3n) is 8.44. The Morgan fingerprint density at radius 1 is 0.979 bits per heavy atom. The number of imide groups is 1. The lowest BCUT2D eigenvalue weighted by Gasteiger charge is -2.45. The highest BCUT2D eigenvalue weighted by atomic mass is 16.6. The van der Waals surface area contributed by atoms with Crippen LogP contribution in [0, 0.1) is 11.8 Å². The van der Waals surface area contributed by atoms with Crippen molar-refractivity contribution >= 4 is 29.5 Å². The number of H-pyrrole nitrogens is 1. The fourth-order valence-corrected chi connectivity index (χ4v) is 6.22. The second-order valence-corrected chi connectivity index (χ2v) is 12.1. The van der Waals surface area contributed by atoms with Gasteiger partial charge in [0.1, 0.15) is 6.61 Å². The average Bonchev–Trinajstić information content (AvgIpc) is 3.79. The number of nitrogens with one attached hydrogen (secondary N) is 2. The summed E-state index contributed by atoms with van der Waals surface area (Å²) in [5, 5.41) is 14.3. The van der Waals surface area contributed by atoms with Gasteiger partial charge in [-0.25, -0.2) is 19.5 Å². The van der Waals surface area contributed by atoms with Crippen LogP contribution >= 0.6 is 0 Å². The van der Waals surface area contributed by atoms with Crippen LogP contribution in [-0.2, 0) is 43.4 Å². The number of amides is 2. The molecule has 1 aromatic heterocycles. The highest BCUT2D eigenvalue weighted by molar-refractivity contribution is 6.19. The van der Waals surface area contributed by atoms with Gasteiger partial charge in [0.05, 0.1) is 30.4 Å². The lowest BCUT2D eigenvalue weighted by atomic mass is 9.67. The van der Waals surface area contributed by atoms with Gasteiger partial charge in [0.25, 0.3) is 5.91 Å². The van der Waals surface area contributed by atoms with E-state index < -0.39 is 65.0 Å². The molecule has 1 fully saturated rings. The first kappa shape index (κ1) is 35.1. The fraction of sp³-hybridized carbons (Fsp3) is 0.412. The minimum Gasteiger partial charge on any atom is -0.479 e. The number of aliphatic carboxylic acids is 1. The van der Waals surface area contributed by atoms with Gasteiger partial charge in [0.15, 0.2) is 11.6 Å². The molecule has 5 unspecified atom stereocenters. The molecule has 2 heterocycles. The molecule has 47 heavy (non-hydrogen) atoms. The molecular formula is C34H42N6O7. The maximum Gasteiger partial charge on any atom is 0.418 e. The number of imidazole rings is 1. The molecule has 0 bridgehead atoms. The molecule has 0 aliphatic carbocycles. The summed E-state index contributed by atoms with van der Waals surface area (Å²) in [5.74, 6) is -7.51. The third kappa shape index (κ3) is 7.81. The number of carboxylic acid groups (broad SMARTS) is 1. The van der Waals surface area contributed by atoms with Crippen molar-refractivity contribution in [3.63, 3.8) is 0 Å². The molecule has 2 aromatic carbocycles. The predicted octanol–water partition coefficient (Wildman–Crippen LogP) is 2.00. The topological polar surface area (TPSA) is 211 Å². The lowest BCUT2D eigenvalue weighted by molar-refractivity contribution is -0.172. The number of hydrogen-bond acceptors (Lipinski definition) is 10. The summed E-state index contributed by atoms with van der Waals surface area (Å²) in [5.41, 5.74) is 11.3. The van der Waals surface area contributed by atoms with E-state index in [2.05, 4.69) is 15.3 Å². The molecule has 7 N–H and O–H groups in total. The number of aromatic nitrogens is 2. The predicted molar refractivity (Wildman–Crippen MR) is 172 cm³/mol. The van der Waals surface area contributed by atoms with Crippen molar-refractivity contribution in [2.45, 2.75) is 69.8 Å². The van der Waals surface area contributed by atoms with E-state index in [-0.39, 0.29) is 24.3 Å². The van der Waals surface area contributed by atoms with Crippen molar-refractivity contribution in [1.82, 2.24) is 20.2 Å². The monoisotopic (exact) mass is 646 g/mol. The molecule has 2 amide bonds. The number of nitrogens with zero attached hydrogens (tertiary/aromatic N) is 2. The Hall–Kier alpha value is -4.72. The SMILES string of the molecule is CC(C)C(C(=O)C1CCCN1)C(C(=O)O)(C(=O)C(N)Cc1ccccc1)N(C(=O)OCc1ccccc1)C(=O)C(N)Cc1cnc[nH]1. The minimum absolute atomic E-state index is 0.128. The zero-order chi connectivity index (χ0) is 34.1. The molecule has 4 rings (SSSR count). The maximum atomic E-state index is 14.8. The number of benzene rings is 2. The van der Waals surface area contributed by atoms with Crippen LogP contribution < -0.4 is 16.8 Å². The molecule has 13 heteroatoms. The normalized spacial score (nSPS) is 17.7. The standard InChI is InChI=1S/C34H42N6O7/c1-21(2)28(29(41)27-14-9-15-38-27)34(32(44)45,30(42)25(35)16-22-10-5-3-6-11-22)40(31(43)26(36)17-24-18-37-20-39-24)33(46)47-19-23-12-7-4-8-13-23/h3-8,10-13,18,20-21,25-28,38H,9,14-17,19,35-36H2,1-2H3,(H,37,39)(H,44,45). The number of aromatic amines is 1. The molecular weight excluding hydrogens is 604 g/mol. The van der Waals surface area contributed by atoms with Gasteiger partial charge >= 0.3 is 12.1 Å². The molecule has 0 radical (unpaired) electrons. The van der Waals surface area contributed by atoms with Gasteiger partial charge in [-0.2, -0.15) is 0 Å². The van der Waals surface area contributed by atoms with Gasteiger partial charge in [-0.3, -0.25) is 14.4 Å². The summed E-state index contributed by atoms with van der Waals surface area (Å²) in [6.45, 7) is 3.27. The van der Waals surface area contributed by atoms with Crippen LogP contribution in [-0.4, -0.2) is 79.7 Å². The van der Waals surface area contributed by atoms with E-state index in [0.717, 1.165) is 0 Å². The number of carboxylic acids is 1. The van der Waals surface area contributed by atoms with Crippen LogP contribution in [0.15, 0.2) is 73.2 Å². The largest absolute Gasteiger partial charge is 0.479 e. The zero-order valence-electron chi connectivity index (χ0n) is 26.5. The van der Waals surface area contributed by atoms with Crippen LogP contribution in [0.3, 0.4) is 0 Å². The summed E-state index contributed by atoms with van der Waals surface area (Å²) in [6.07, 6.45) is 2.05. The van der Waals surface area contributed by atoms with E-state index >= 15 is 0 Å². The Morgan fingerprint density at radius 2 is 1.62 bits per heavy atom. The second-order valence-electron chi connectivity index (χ2n) is 12.1. The number of Topliss-reactive ketones (excluding diaryl/α,β-unsaturated/α-hetero) is 2. The van der Waals surface area contributed by atoms with E-state index in [1.54, 1.807) is 74.5 Å². The van der Waals surface area contributed by atoms with Crippen LogP contribution in [0.5, 0.6) is 0 Å². The molecule has 250 valence electrons. The zero-order valence-corrected chi connectivity index (χ0v) is 26.5. The van der Waals surface area contributed by atoms with Crippen LogP contribution in [0.1, 0.15) is 43.5 Å². The van der Waals surface area contributed by atoms with Gasteiger partial charge in [-0.1, -0.05) is 74.5 Å².